The van der Waals surface area contributed by atoms with Crippen LogP contribution >= 0.6 is 0 Å². The molecule has 1 aliphatic rings. The van der Waals surface area contributed by atoms with E-state index in [0.717, 1.165) is 6.54 Å². The van der Waals surface area contributed by atoms with E-state index < -0.39 is 0 Å². The third-order valence-corrected chi connectivity index (χ3v) is 3.22. The van der Waals surface area contributed by atoms with Crippen LogP contribution < -0.4 is 0 Å². The third-order valence-electron chi connectivity index (χ3n) is 3.22. The molecule has 0 aromatic heterocycles. The Balaban J connectivity index is 2.27. The van der Waals surface area contributed by atoms with Crippen LogP contribution in [0.4, 0.5) is 0 Å². The number of hydrogen-bond donors (Lipinski definition) is 0. The van der Waals surface area contributed by atoms with Crippen molar-refractivity contribution in [3.05, 3.63) is 35.4 Å². The summed E-state index contributed by atoms with van der Waals surface area (Å²) < 4.78 is 0. The van der Waals surface area contributed by atoms with Gasteiger partial charge in [-0.1, -0.05) is 24.3 Å². The zero-order valence-corrected chi connectivity index (χ0v) is 9.33. The molecule has 0 aliphatic carbocycles. The summed E-state index contributed by atoms with van der Waals surface area (Å²) in [6.45, 7) is 8.01. The molecule has 1 aromatic carbocycles. The predicted octanol–water partition coefficient (Wildman–Crippen LogP) is 2.84. The Morgan fingerprint density at radius 1 is 1.21 bits per heavy atom. The van der Waals surface area contributed by atoms with E-state index in [-0.39, 0.29) is 0 Å². The van der Waals surface area contributed by atoms with Gasteiger partial charge in [-0.05, 0) is 38.3 Å². The van der Waals surface area contributed by atoms with E-state index >= 15 is 0 Å². The molecule has 76 valence electrons. The summed E-state index contributed by atoms with van der Waals surface area (Å²) in [6.07, 6.45) is 1.20. The van der Waals surface area contributed by atoms with Crippen LogP contribution in [0, 0.1) is 0 Å². The fourth-order valence-corrected chi connectivity index (χ4v) is 2.39. The minimum absolute atomic E-state index is 0.651. The second kappa shape index (κ2) is 3.74. The summed E-state index contributed by atoms with van der Waals surface area (Å²) in [7, 11) is 0. The molecule has 1 nitrogen and oxygen atoms in total. The van der Waals surface area contributed by atoms with E-state index in [1.54, 1.807) is 0 Å². The van der Waals surface area contributed by atoms with Crippen LogP contribution in [0.3, 0.4) is 0 Å². The maximum Gasteiger partial charge on any atom is 0.0242 e. The third kappa shape index (κ3) is 1.69. The highest BCUT2D eigenvalue weighted by Crippen LogP contribution is 2.24. The largest absolute Gasteiger partial charge is 0.294 e. The first kappa shape index (κ1) is 9.72. The van der Waals surface area contributed by atoms with E-state index in [0.29, 0.717) is 12.1 Å². The Bertz CT molecular complexity index is 317. The van der Waals surface area contributed by atoms with Crippen LogP contribution in [0.2, 0.25) is 0 Å². The number of nitrogens with zero attached hydrogens (tertiary/aromatic N) is 1. The first-order chi connectivity index (χ1) is 6.68. The highest BCUT2D eigenvalue weighted by molar-refractivity contribution is 5.30. The van der Waals surface area contributed by atoms with Gasteiger partial charge in [-0.3, -0.25) is 4.90 Å². The average molecular weight is 189 g/mol. The van der Waals surface area contributed by atoms with Crippen LogP contribution in [-0.4, -0.2) is 17.0 Å². The summed E-state index contributed by atoms with van der Waals surface area (Å²) in [5.41, 5.74) is 3.05. The average Bonchev–Trinajstić information content (AvgIpc) is 2.16. The first-order valence-corrected chi connectivity index (χ1v) is 5.51. The Morgan fingerprint density at radius 3 is 2.50 bits per heavy atom. The molecule has 0 amide bonds. The molecular weight excluding hydrogens is 170 g/mol. The summed E-state index contributed by atoms with van der Waals surface area (Å²) in [6, 6.07) is 10.2. The molecule has 0 radical (unpaired) electrons. The molecule has 1 aromatic rings. The van der Waals surface area contributed by atoms with E-state index in [1.807, 2.05) is 0 Å². The molecular formula is C13H19N. The summed E-state index contributed by atoms with van der Waals surface area (Å²) in [5, 5.41) is 0. The molecule has 0 N–H and O–H groups in total. The first-order valence-electron chi connectivity index (χ1n) is 5.51. The number of hydrogen-bond acceptors (Lipinski definition) is 1. The Morgan fingerprint density at radius 2 is 1.86 bits per heavy atom. The van der Waals surface area contributed by atoms with Gasteiger partial charge in [0.2, 0.25) is 0 Å². The smallest absolute Gasteiger partial charge is 0.0242 e. The molecule has 1 aliphatic heterocycles. The SMILES string of the molecule is CC(C)N1Cc2ccccc2C[C@H]1C. The van der Waals surface area contributed by atoms with Crippen LogP contribution in [-0.2, 0) is 13.0 Å². The molecule has 0 bridgehead atoms. The van der Waals surface area contributed by atoms with E-state index in [1.165, 1.54) is 17.5 Å². The molecule has 0 fully saturated rings. The summed E-state index contributed by atoms with van der Waals surface area (Å²) in [4.78, 5) is 2.57. The van der Waals surface area contributed by atoms with Gasteiger partial charge in [0.25, 0.3) is 0 Å². The summed E-state index contributed by atoms with van der Waals surface area (Å²) >= 11 is 0. The lowest BCUT2D eigenvalue weighted by atomic mass is 9.94. The standard InChI is InChI=1S/C13H19N/c1-10(2)14-9-13-7-5-4-6-12(13)8-11(14)3/h4-7,10-11H,8-9H2,1-3H3/t11-/m1/s1. The number of rotatable bonds is 1. The lowest BCUT2D eigenvalue weighted by molar-refractivity contribution is 0.141. The fourth-order valence-electron chi connectivity index (χ4n) is 2.39. The molecule has 0 saturated heterocycles. The maximum atomic E-state index is 2.57. The highest BCUT2D eigenvalue weighted by atomic mass is 15.2. The molecule has 1 heterocycles. The Hall–Kier alpha value is -0.820. The topological polar surface area (TPSA) is 3.24 Å². The van der Waals surface area contributed by atoms with Crippen LogP contribution in [0.15, 0.2) is 24.3 Å². The maximum absolute atomic E-state index is 2.57. The van der Waals surface area contributed by atoms with Gasteiger partial charge in [-0.15, -0.1) is 0 Å². The van der Waals surface area contributed by atoms with Crippen molar-refractivity contribution in [3.63, 3.8) is 0 Å². The van der Waals surface area contributed by atoms with Crippen LogP contribution in [0.5, 0.6) is 0 Å². The molecule has 2 rings (SSSR count). The second-order valence-corrected chi connectivity index (χ2v) is 4.59. The second-order valence-electron chi connectivity index (χ2n) is 4.59. The molecule has 0 unspecified atom stereocenters. The Labute approximate surface area is 86.7 Å². The van der Waals surface area contributed by atoms with E-state index in [9.17, 15) is 0 Å². The number of fused-ring (bicyclic) bond motifs is 1. The zero-order chi connectivity index (χ0) is 10.1. The molecule has 1 atom stereocenters. The minimum Gasteiger partial charge on any atom is -0.294 e. The lowest BCUT2D eigenvalue weighted by Crippen LogP contribution is -2.42. The summed E-state index contributed by atoms with van der Waals surface area (Å²) in [5.74, 6) is 0. The molecule has 0 spiro atoms. The highest BCUT2D eigenvalue weighted by Gasteiger charge is 2.23. The van der Waals surface area contributed by atoms with Gasteiger partial charge < -0.3 is 0 Å². The molecule has 14 heavy (non-hydrogen) atoms. The monoisotopic (exact) mass is 189 g/mol. The van der Waals surface area contributed by atoms with Gasteiger partial charge in [0.15, 0.2) is 0 Å². The van der Waals surface area contributed by atoms with Gasteiger partial charge in [-0.2, -0.15) is 0 Å². The number of benzene rings is 1. The van der Waals surface area contributed by atoms with Crippen LogP contribution in [0.25, 0.3) is 0 Å². The fraction of sp³-hybridized carbons (Fsp3) is 0.538. The molecule has 0 saturated carbocycles. The van der Waals surface area contributed by atoms with Crippen molar-refractivity contribution in [2.75, 3.05) is 0 Å². The van der Waals surface area contributed by atoms with Crippen molar-refractivity contribution in [1.82, 2.24) is 4.90 Å². The quantitative estimate of drug-likeness (QED) is 0.656. The zero-order valence-electron chi connectivity index (χ0n) is 9.33. The minimum atomic E-state index is 0.651. The molecule has 1 heteroatoms. The van der Waals surface area contributed by atoms with Crippen molar-refractivity contribution in [2.24, 2.45) is 0 Å². The van der Waals surface area contributed by atoms with Gasteiger partial charge in [0, 0.05) is 18.6 Å². The van der Waals surface area contributed by atoms with Crippen LogP contribution in [0.1, 0.15) is 31.9 Å². The van der Waals surface area contributed by atoms with Crippen molar-refractivity contribution in [1.29, 1.82) is 0 Å². The van der Waals surface area contributed by atoms with E-state index in [2.05, 4.69) is 49.9 Å². The van der Waals surface area contributed by atoms with Gasteiger partial charge in [-0.25, -0.2) is 0 Å². The predicted molar refractivity (Wildman–Crippen MR) is 60.3 cm³/mol. The van der Waals surface area contributed by atoms with Crippen molar-refractivity contribution in [2.45, 2.75) is 45.8 Å². The van der Waals surface area contributed by atoms with Crippen molar-refractivity contribution in [3.8, 4) is 0 Å². The Kier molecular flexibility index (Phi) is 2.60. The van der Waals surface area contributed by atoms with Crippen molar-refractivity contribution >= 4 is 0 Å². The van der Waals surface area contributed by atoms with Gasteiger partial charge in [0.05, 0.1) is 0 Å². The van der Waals surface area contributed by atoms with Gasteiger partial charge >= 0.3 is 0 Å². The lowest BCUT2D eigenvalue weighted by Gasteiger charge is -2.37. The normalized spacial score (nSPS) is 22.4. The van der Waals surface area contributed by atoms with Crippen molar-refractivity contribution < 1.29 is 0 Å². The van der Waals surface area contributed by atoms with E-state index in [4.69, 9.17) is 0 Å². The van der Waals surface area contributed by atoms with Gasteiger partial charge in [0.1, 0.15) is 0 Å².